The number of hydrogen-bond acceptors (Lipinski definition) is 2. The number of carbonyl (C=O) groups excluding carboxylic acids is 1. The van der Waals surface area contributed by atoms with Crippen LogP contribution in [0.1, 0.15) is 6.92 Å². The van der Waals surface area contributed by atoms with Crippen molar-refractivity contribution in [1.29, 1.82) is 0 Å². The Bertz CT molecular complexity index is 255. The molecule has 0 saturated carbocycles. The predicted octanol–water partition coefficient (Wildman–Crippen LogP) is 0.771. The Labute approximate surface area is 64.5 Å². The zero-order valence-electron chi connectivity index (χ0n) is 6.24. The van der Waals surface area contributed by atoms with Crippen LogP contribution in [0.2, 0.25) is 0 Å². The molecule has 4 nitrogen and oxygen atoms in total. The molecule has 1 rings (SSSR count). The van der Waals surface area contributed by atoms with Gasteiger partial charge in [0.15, 0.2) is 0 Å². The average Bonchev–Trinajstić information content (AvgIpc) is 2.36. The number of nitrogens with zero attached hydrogens (tertiary/aromatic N) is 1. The van der Waals surface area contributed by atoms with E-state index < -0.39 is 0 Å². The Kier molecular flexibility index (Phi) is 2.15. The number of hydrogen-bond donors (Lipinski definition) is 2. The molecule has 2 N–H and O–H groups in total. The highest BCUT2D eigenvalue weighted by molar-refractivity contribution is 5.76. The normalized spacial score (nSPS) is 9.55. The van der Waals surface area contributed by atoms with Gasteiger partial charge in [-0.25, -0.2) is 4.79 Å². The zero-order chi connectivity index (χ0) is 8.27. The summed E-state index contributed by atoms with van der Waals surface area (Å²) < 4.78 is 1.29. The van der Waals surface area contributed by atoms with Crippen molar-refractivity contribution in [2.75, 3.05) is 6.54 Å². The summed E-state index contributed by atoms with van der Waals surface area (Å²) in [5.41, 5.74) is 0. The van der Waals surface area contributed by atoms with Gasteiger partial charge in [0.2, 0.25) is 0 Å². The standard InChI is InChI=1S/C7H10N2O2/c1-2-8-7(11)9-4-3-6(10)5-9/h3-5,10H,2H2,1H3,(H,8,11). The van der Waals surface area contributed by atoms with Crippen molar-refractivity contribution in [2.45, 2.75) is 6.92 Å². The number of aromatic nitrogens is 1. The number of aromatic hydroxyl groups is 1. The molecule has 1 aromatic heterocycles. The van der Waals surface area contributed by atoms with Crippen molar-refractivity contribution in [1.82, 2.24) is 9.88 Å². The van der Waals surface area contributed by atoms with Gasteiger partial charge in [-0.1, -0.05) is 0 Å². The van der Waals surface area contributed by atoms with E-state index >= 15 is 0 Å². The smallest absolute Gasteiger partial charge is 0.325 e. The maximum atomic E-state index is 11.0. The molecule has 0 aliphatic heterocycles. The third kappa shape index (κ3) is 1.73. The van der Waals surface area contributed by atoms with E-state index in [1.54, 1.807) is 0 Å². The summed E-state index contributed by atoms with van der Waals surface area (Å²) in [6.45, 7) is 2.42. The van der Waals surface area contributed by atoms with Gasteiger partial charge >= 0.3 is 6.03 Å². The summed E-state index contributed by atoms with van der Waals surface area (Å²) in [7, 11) is 0. The molecule has 4 heteroatoms. The van der Waals surface area contributed by atoms with Crippen LogP contribution in [0.5, 0.6) is 5.75 Å². The third-order valence-electron chi connectivity index (χ3n) is 1.24. The molecular weight excluding hydrogens is 144 g/mol. The van der Waals surface area contributed by atoms with Gasteiger partial charge < -0.3 is 10.4 Å². The molecule has 0 atom stereocenters. The fourth-order valence-corrected chi connectivity index (χ4v) is 0.754. The Morgan fingerprint density at radius 3 is 3.00 bits per heavy atom. The van der Waals surface area contributed by atoms with Crippen LogP contribution < -0.4 is 5.32 Å². The molecule has 0 fully saturated rings. The largest absolute Gasteiger partial charge is 0.506 e. The van der Waals surface area contributed by atoms with E-state index in [0.717, 1.165) is 0 Å². The lowest BCUT2D eigenvalue weighted by Gasteiger charge is -2.00. The number of carbonyl (C=O) groups is 1. The van der Waals surface area contributed by atoms with E-state index in [4.69, 9.17) is 5.11 Å². The van der Waals surface area contributed by atoms with E-state index in [9.17, 15) is 4.79 Å². The van der Waals surface area contributed by atoms with E-state index in [1.165, 1.54) is 23.0 Å². The summed E-state index contributed by atoms with van der Waals surface area (Å²) in [4.78, 5) is 11.0. The number of rotatable bonds is 1. The molecule has 0 aliphatic rings. The fraction of sp³-hybridized carbons (Fsp3) is 0.286. The van der Waals surface area contributed by atoms with Crippen molar-refractivity contribution < 1.29 is 9.90 Å². The zero-order valence-corrected chi connectivity index (χ0v) is 6.24. The molecule has 1 aromatic rings. The molecule has 0 unspecified atom stereocenters. The van der Waals surface area contributed by atoms with Crippen LogP contribution in [0.4, 0.5) is 4.79 Å². The number of nitrogens with one attached hydrogen (secondary N) is 1. The second-order valence-corrected chi connectivity index (χ2v) is 2.11. The molecule has 0 spiro atoms. The lowest BCUT2D eigenvalue weighted by atomic mass is 10.6. The van der Waals surface area contributed by atoms with Gasteiger partial charge in [0, 0.05) is 12.7 Å². The highest BCUT2D eigenvalue weighted by Crippen LogP contribution is 2.06. The van der Waals surface area contributed by atoms with Crippen molar-refractivity contribution in [2.24, 2.45) is 0 Å². The summed E-state index contributed by atoms with van der Waals surface area (Å²) in [5.74, 6) is 0.0938. The molecule has 0 aliphatic carbocycles. The molecule has 0 radical (unpaired) electrons. The molecule has 0 aromatic carbocycles. The van der Waals surface area contributed by atoms with E-state index in [0.29, 0.717) is 6.54 Å². The molecule has 0 bridgehead atoms. The van der Waals surface area contributed by atoms with E-state index in [2.05, 4.69) is 5.32 Å². The van der Waals surface area contributed by atoms with Crippen LogP contribution in [-0.2, 0) is 0 Å². The second kappa shape index (κ2) is 3.09. The van der Waals surface area contributed by atoms with Gasteiger partial charge in [-0.05, 0) is 13.0 Å². The van der Waals surface area contributed by atoms with Crippen LogP contribution in [-0.4, -0.2) is 22.2 Å². The lowest BCUT2D eigenvalue weighted by molar-refractivity contribution is 0.243. The Hall–Kier alpha value is -1.45. The maximum absolute atomic E-state index is 11.0. The molecule has 60 valence electrons. The van der Waals surface area contributed by atoms with Crippen LogP contribution in [0.3, 0.4) is 0 Å². The quantitative estimate of drug-likeness (QED) is 0.627. The maximum Gasteiger partial charge on any atom is 0.325 e. The topological polar surface area (TPSA) is 54.3 Å². The van der Waals surface area contributed by atoms with Crippen molar-refractivity contribution >= 4 is 6.03 Å². The Balaban J connectivity index is 2.69. The molecule has 1 heterocycles. The van der Waals surface area contributed by atoms with E-state index in [-0.39, 0.29) is 11.8 Å². The second-order valence-electron chi connectivity index (χ2n) is 2.11. The first-order chi connectivity index (χ1) is 5.24. The summed E-state index contributed by atoms with van der Waals surface area (Å²) >= 11 is 0. The number of amides is 1. The van der Waals surface area contributed by atoms with Crippen molar-refractivity contribution in [3.05, 3.63) is 18.5 Å². The Morgan fingerprint density at radius 2 is 2.55 bits per heavy atom. The summed E-state index contributed by atoms with van der Waals surface area (Å²) in [6.07, 6.45) is 2.85. The predicted molar refractivity (Wildman–Crippen MR) is 40.6 cm³/mol. The Morgan fingerprint density at radius 1 is 1.82 bits per heavy atom. The van der Waals surface area contributed by atoms with Gasteiger partial charge in [-0.3, -0.25) is 4.57 Å². The van der Waals surface area contributed by atoms with Crippen LogP contribution >= 0.6 is 0 Å². The summed E-state index contributed by atoms with van der Waals surface area (Å²) in [6, 6.07) is 1.22. The van der Waals surface area contributed by atoms with Gasteiger partial charge in [0.1, 0.15) is 5.75 Å². The summed E-state index contributed by atoms with van der Waals surface area (Å²) in [5, 5.41) is 11.5. The first kappa shape index (κ1) is 7.65. The van der Waals surface area contributed by atoms with Crippen molar-refractivity contribution in [3.8, 4) is 5.75 Å². The first-order valence-corrected chi connectivity index (χ1v) is 3.39. The van der Waals surface area contributed by atoms with Gasteiger partial charge in [-0.15, -0.1) is 0 Å². The first-order valence-electron chi connectivity index (χ1n) is 3.39. The molecule has 1 amide bonds. The molecule has 0 saturated heterocycles. The van der Waals surface area contributed by atoms with E-state index in [1.807, 2.05) is 6.92 Å². The van der Waals surface area contributed by atoms with Crippen LogP contribution in [0.25, 0.3) is 0 Å². The molecular formula is C7H10N2O2. The van der Waals surface area contributed by atoms with Crippen molar-refractivity contribution in [3.63, 3.8) is 0 Å². The monoisotopic (exact) mass is 154 g/mol. The van der Waals surface area contributed by atoms with Gasteiger partial charge in [0.05, 0.1) is 6.20 Å². The fourth-order valence-electron chi connectivity index (χ4n) is 0.754. The third-order valence-corrected chi connectivity index (χ3v) is 1.24. The minimum atomic E-state index is -0.229. The molecule has 11 heavy (non-hydrogen) atoms. The highest BCUT2D eigenvalue weighted by Gasteiger charge is 2.01. The van der Waals surface area contributed by atoms with Gasteiger partial charge in [0.25, 0.3) is 0 Å². The van der Waals surface area contributed by atoms with Gasteiger partial charge in [-0.2, -0.15) is 0 Å². The minimum Gasteiger partial charge on any atom is -0.506 e. The van der Waals surface area contributed by atoms with Crippen LogP contribution in [0.15, 0.2) is 18.5 Å². The average molecular weight is 154 g/mol. The van der Waals surface area contributed by atoms with Crippen LogP contribution in [0, 0.1) is 0 Å². The highest BCUT2D eigenvalue weighted by atomic mass is 16.3. The minimum absolute atomic E-state index is 0.0938. The lowest BCUT2D eigenvalue weighted by Crippen LogP contribution is -2.26. The SMILES string of the molecule is CCNC(=O)n1ccc(O)c1.